The van der Waals surface area contributed by atoms with Gasteiger partial charge >= 0.3 is 0 Å². The molecule has 0 aliphatic heterocycles. The van der Waals surface area contributed by atoms with Gasteiger partial charge in [0.25, 0.3) is 7.82 Å². The van der Waals surface area contributed by atoms with Crippen LogP contribution in [0.5, 0.6) is 0 Å². The molecule has 3 atom stereocenters. The fourth-order valence-electron chi connectivity index (χ4n) is 4.51. The van der Waals surface area contributed by atoms with E-state index in [1.165, 1.54) is 38.5 Å². The van der Waals surface area contributed by atoms with Crippen molar-refractivity contribution in [1.29, 1.82) is 0 Å². The smallest absolute Gasteiger partial charge is 0.268 e. The van der Waals surface area contributed by atoms with Crippen LogP contribution < -0.4 is 10.2 Å². The lowest BCUT2D eigenvalue weighted by molar-refractivity contribution is -0.870. The fourth-order valence-corrected chi connectivity index (χ4v) is 5.24. The van der Waals surface area contributed by atoms with Gasteiger partial charge < -0.3 is 28.8 Å². The van der Waals surface area contributed by atoms with Gasteiger partial charge in [0.15, 0.2) is 0 Å². The maximum absolute atomic E-state index is 12.6. The third-order valence-corrected chi connectivity index (χ3v) is 8.35. The van der Waals surface area contributed by atoms with Crippen LogP contribution in [0.15, 0.2) is 36.5 Å². The maximum atomic E-state index is 12.6. The van der Waals surface area contributed by atoms with Crippen LogP contribution >= 0.6 is 7.82 Å². The lowest BCUT2D eigenvalue weighted by atomic mass is 10.0. The van der Waals surface area contributed by atoms with E-state index in [0.717, 1.165) is 64.2 Å². The van der Waals surface area contributed by atoms with E-state index < -0.39 is 20.0 Å². The van der Waals surface area contributed by atoms with E-state index in [1.807, 2.05) is 21.1 Å². The molecule has 3 unspecified atom stereocenters. The third kappa shape index (κ3) is 29.4. The lowest BCUT2D eigenvalue weighted by Gasteiger charge is -2.30. The second-order valence-electron chi connectivity index (χ2n) is 12.9. The van der Waals surface area contributed by atoms with Crippen molar-refractivity contribution in [1.82, 2.24) is 5.32 Å². The monoisotopic (exact) mass is 642 g/mol. The number of aliphatic hydroxyl groups is 1. The number of nitrogens with zero attached hydrogens (tertiary/aromatic N) is 1. The number of amides is 1. The van der Waals surface area contributed by atoms with Crippen molar-refractivity contribution in [2.75, 3.05) is 40.9 Å². The van der Waals surface area contributed by atoms with Crippen molar-refractivity contribution < 1.29 is 32.9 Å². The first-order valence-corrected chi connectivity index (χ1v) is 18.8. The first kappa shape index (κ1) is 42.7. The quantitative estimate of drug-likeness (QED) is 0.0359. The number of allylic oxidation sites excluding steroid dienone is 6. The van der Waals surface area contributed by atoms with Crippen molar-refractivity contribution in [2.24, 2.45) is 0 Å². The summed E-state index contributed by atoms with van der Waals surface area (Å²) in [6.45, 7) is 4.47. The molecule has 1 amide bonds. The first-order chi connectivity index (χ1) is 21.0. The molecule has 9 heteroatoms. The van der Waals surface area contributed by atoms with E-state index in [4.69, 9.17) is 9.05 Å². The Morgan fingerprint density at radius 3 is 1.91 bits per heavy atom. The number of likely N-dealkylation sites (N-methyl/N-ethyl adjacent to an activating group) is 1. The van der Waals surface area contributed by atoms with E-state index in [-0.39, 0.29) is 19.1 Å². The molecule has 0 heterocycles. The van der Waals surface area contributed by atoms with Crippen LogP contribution in [-0.4, -0.2) is 68.5 Å². The number of nitrogens with one attached hydrogen (secondary N) is 1. The topological polar surface area (TPSA) is 108 Å². The summed E-state index contributed by atoms with van der Waals surface area (Å²) in [6, 6.07) is -0.802. The normalized spacial score (nSPS) is 15.3. The maximum Gasteiger partial charge on any atom is 0.268 e. The van der Waals surface area contributed by atoms with E-state index in [1.54, 1.807) is 0 Å². The minimum Gasteiger partial charge on any atom is -0.756 e. The minimum absolute atomic E-state index is 0.00618. The van der Waals surface area contributed by atoms with Gasteiger partial charge in [-0.25, -0.2) is 0 Å². The van der Waals surface area contributed by atoms with Gasteiger partial charge in [-0.2, -0.15) is 0 Å². The summed E-state index contributed by atoms with van der Waals surface area (Å²) in [7, 11) is 1.28. The number of phosphoric acid groups is 1. The Balaban J connectivity index is 4.17. The van der Waals surface area contributed by atoms with Crippen LogP contribution in [0, 0.1) is 0 Å². The van der Waals surface area contributed by atoms with Crippen LogP contribution in [0.1, 0.15) is 129 Å². The summed E-state index contributed by atoms with van der Waals surface area (Å²) in [4.78, 5) is 24.8. The highest BCUT2D eigenvalue weighted by Gasteiger charge is 2.24. The molecule has 0 bridgehead atoms. The summed E-state index contributed by atoms with van der Waals surface area (Å²) < 4.78 is 22.8. The predicted molar refractivity (Wildman–Crippen MR) is 182 cm³/mol. The highest BCUT2D eigenvalue weighted by atomic mass is 31.2. The molecule has 0 aromatic heterocycles. The van der Waals surface area contributed by atoms with Gasteiger partial charge in [-0.3, -0.25) is 9.36 Å². The molecule has 0 aromatic rings. The predicted octanol–water partition coefficient (Wildman–Crippen LogP) is 7.77. The van der Waals surface area contributed by atoms with Crippen LogP contribution in [0.25, 0.3) is 0 Å². The second kappa shape index (κ2) is 28.0. The number of aliphatic hydroxyl groups excluding tert-OH is 1. The lowest BCUT2D eigenvalue weighted by Crippen LogP contribution is -2.46. The van der Waals surface area contributed by atoms with Gasteiger partial charge in [-0.15, -0.1) is 0 Å². The van der Waals surface area contributed by atoms with Crippen LogP contribution in [-0.2, 0) is 18.4 Å². The van der Waals surface area contributed by atoms with Gasteiger partial charge in [-0.05, 0) is 51.4 Å². The zero-order valence-electron chi connectivity index (χ0n) is 28.9. The zero-order valence-corrected chi connectivity index (χ0v) is 29.7. The van der Waals surface area contributed by atoms with E-state index in [2.05, 4.69) is 55.6 Å². The Kier molecular flexibility index (Phi) is 27.2. The molecule has 0 aromatic carbocycles. The molecule has 0 saturated heterocycles. The molecular formula is C35H67N2O6P. The number of hydrogen-bond donors (Lipinski definition) is 2. The standard InChI is InChI=1S/C35H67N2O6P/c1-6-8-10-11-12-13-14-15-16-17-18-19-20-21-22-23-24-25-27-29-35(39)36-33(34(38)28-26-9-7-2)32-43-44(40,41)42-31-30-37(3,4)5/h12-13,15-16,18-19,33-34,38H,6-11,14,17,20-32H2,1-5H3,(H-,36,39,40,41)/b13-12-,16-15-,19-18-. The van der Waals surface area contributed by atoms with E-state index >= 15 is 0 Å². The molecule has 0 spiro atoms. The van der Waals surface area contributed by atoms with Crippen LogP contribution in [0.4, 0.5) is 0 Å². The fraction of sp³-hybridized carbons (Fsp3) is 0.800. The average molecular weight is 643 g/mol. The van der Waals surface area contributed by atoms with Crippen molar-refractivity contribution in [3.05, 3.63) is 36.5 Å². The Hall–Kier alpha value is -1.28. The van der Waals surface area contributed by atoms with Gasteiger partial charge in [-0.1, -0.05) is 108 Å². The number of quaternary nitrogens is 1. The first-order valence-electron chi connectivity index (χ1n) is 17.3. The van der Waals surface area contributed by atoms with Gasteiger partial charge in [0.1, 0.15) is 13.2 Å². The van der Waals surface area contributed by atoms with Crippen LogP contribution in [0.2, 0.25) is 0 Å². The Bertz CT molecular complexity index is 825. The van der Waals surface area contributed by atoms with Crippen LogP contribution in [0.3, 0.4) is 0 Å². The summed E-state index contributed by atoms with van der Waals surface area (Å²) in [6.07, 6.45) is 30.8. The zero-order chi connectivity index (χ0) is 32.9. The van der Waals surface area contributed by atoms with Gasteiger partial charge in [0.2, 0.25) is 5.91 Å². The molecule has 0 fully saturated rings. The molecule has 0 aliphatic carbocycles. The third-order valence-electron chi connectivity index (χ3n) is 7.38. The summed E-state index contributed by atoms with van der Waals surface area (Å²) in [5, 5.41) is 13.5. The van der Waals surface area contributed by atoms with E-state index in [9.17, 15) is 19.4 Å². The molecule has 2 N–H and O–H groups in total. The average Bonchev–Trinajstić information content (AvgIpc) is 2.95. The molecule has 0 radical (unpaired) electrons. The SMILES string of the molecule is CCCCC/C=C\C/C=C\C/C=C\CCCCCCCCC(=O)NC(COP(=O)([O-])OCC[N+](C)(C)C)C(O)CCCCC. The Morgan fingerprint density at radius 1 is 0.795 bits per heavy atom. The molecule has 8 nitrogen and oxygen atoms in total. The number of phosphoric ester groups is 1. The van der Waals surface area contributed by atoms with Gasteiger partial charge in [0.05, 0.1) is 39.9 Å². The van der Waals surface area contributed by atoms with E-state index in [0.29, 0.717) is 23.9 Å². The number of carbonyl (C=O) groups excluding carboxylic acids is 1. The van der Waals surface area contributed by atoms with Crippen molar-refractivity contribution in [2.45, 2.75) is 142 Å². The Morgan fingerprint density at radius 2 is 1.32 bits per heavy atom. The van der Waals surface area contributed by atoms with Gasteiger partial charge in [0, 0.05) is 6.42 Å². The second-order valence-corrected chi connectivity index (χ2v) is 14.3. The largest absolute Gasteiger partial charge is 0.756 e. The summed E-state index contributed by atoms with van der Waals surface area (Å²) >= 11 is 0. The molecule has 44 heavy (non-hydrogen) atoms. The van der Waals surface area contributed by atoms with Crippen molar-refractivity contribution in [3.8, 4) is 0 Å². The number of rotatable bonds is 30. The molecule has 0 rings (SSSR count). The molecule has 0 saturated carbocycles. The number of unbranched alkanes of at least 4 members (excludes halogenated alkanes) is 11. The van der Waals surface area contributed by atoms with Crippen molar-refractivity contribution >= 4 is 13.7 Å². The number of hydrogen-bond acceptors (Lipinski definition) is 6. The summed E-state index contributed by atoms with van der Waals surface area (Å²) in [5.74, 6) is -0.193. The highest BCUT2D eigenvalue weighted by Crippen LogP contribution is 2.38. The number of carbonyl (C=O) groups is 1. The molecule has 0 aliphatic rings. The molecular weight excluding hydrogens is 575 g/mol. The minimum atomic E-state index is -4.54. The van der Waals surface area contributed by atoms with Crippen molar-refractivity contribution in [3.63, 3.8) is 0 Å². The molecule has 258 valence electrons. The summed E-state index contributed by atoms with van der Waals surface area (Å²) in [5.41, 5.74) is 0. The highest BCUT2D eigenvalue weighted by molar-refractivity contribution is 7.45. The Labute approximate surface area is 270 Å².